The fourth-order valence-corrected chi connectivity index (χ4v) is 5.12. The summed E-state index contributed by atoms with van der Waals surface area (Å²) < 4.78 is 12.7. The second-order valence-corrected chi connectivity index (χ2v) is 10.9. The van der Waals surface area contributed by atoms with Crippen molar-refractivity contribution in [3.05, 3.63) is 58.1 Å². The van der Waals surface area contributed by atoms with Crippen LogP contribution in [-0.2, 0) is 22.6 Å². The maximum absolute atomic E-state index is 13.4. The number of halogens is 1. The molecule has 0 saturated carbocycles. The minimum atomic E-state index is -0.672. The number of benzene rings is 2. The lowest BCUT2D eigenvalue weighted by atomic mass is 10.00. The van der Waals surface area contributed by atoms with Gasteiger partial charge in [-0.3, -0.25) is 9.69 Å². The fourth-order valence-electron chi connectivity index (χ4n) is 4.90. The Bertz CT molecular complexity index is 1340. The number of amides is 1. The van der Waals surface area contributed by atoms with Crippen molar-refractivity contribution in [1.82, 2.24) is 20.1 Å². The van der Waals surface area contributed by atoms with Gasteiger partial charge in [-0.1, -0.05) is 23.7 Å². The van der Waals surface area contributed by atoms with Gasteiger partial charge in [0.05, 0.1) is 30.0 Å². The van der Waals surface area contributed by atoms with Crippen molar-refractivity contribution < 1.29 is 19.1 Å². The highest BCUT2D eigenvalue weighted by molar-refractivity contribution is 6.32. The topological polar surface area (TPSA) is 84.8 Å². The highest BCUT2D eigenvalue weighted by atomic mass is 35.5. The van der Waals surface area contributed by atoms with Crippen LogP contribution in [0.5, 0.6) is 0 Å². The Labute approximate surface area is 221 Å². The molecule has 3 heterocycles. The Morgan fingerprint density at radius 1 is 1.16 bits per heavy atom. The van der Waals surface area contributed by atoms with Gasteiger partial charge in [-0.05, 0) is 50.6 Å². The lowest BCUT2D eigenvalue weighted by molar-refractivity contribution is 0.0384. The summed E-state index contributed by atoms with van der Waals surface area (Å²) in [5.41, 5.74) is 3.67. The number of carbonyl (C=O) groups is 2. The molecular formula is C28H33ClN4O4. The Morgan fingerprint density at radius 3 is 2.70 bits per heavy atom. The molecular weight excluding hydrogens is 492 g/mol. The summed E-state index contributed by atoms with van der Waals surface area (Å²) in [5.74, 6) is -0.196. The van der Waals surface area contributed by atoms with Crippen LogP contribution in [0.2, 0.25) is 5.02 Å². The number of hydrogen-bond donors (Lipinski definition) is 2. The zero-order valence-electron chi connectivity index (χ0n) is 21.5. The van der Waals surface area contributed by atoms with E-state index in [0.29, 0.717) is 34.9 Å². The summed E-state index contributed by atoms with van der Waals surface area (Å²) in [6, 6.07) is 11.6. The van der Waals surface area contributed by atoms with Gasteiger partial charge < -0.3 is 20.1 Å². The monoisotopic (exact) mass is 524 g/mol. The summed E-state index contributed by atoms with van der Waals surface area (Å²) in [6.07, 6.45) is -0.490. The number of ether oxygens (including phenoxy) is 2. The zero-order valence-corrected chi connectivity index (χ0v) is 22.3. The van der Waals surface area contributed by atoms with Crippen molar-refractivity contribution in [2.75, 3.05) is 39.4 Å². The molecule has 2 aliphatic heterocycles. The van der Waals surface area contributed by atoms with Gasteiger partial charge in [-0.15, -0.1) is 0 Å². The van der Waals surface area contributed by atoms with Gasteiger partial charge in [0.2, 0.25) is 0 Å². The average molecular weight is 525 g/mol. The highest BCUT2D eigenvalue weighted by Crippen LogP contribution is 2.37. The molecule has 3 aromatic rings. The van der Waals surface area contributed by atoms with E-state index in [9.17, 15) is 9.59 Å². The highest BCUT2D eigenvalue weighted by Gasteiger charge is 2.29. The molecule has 9 heteroatoms. The molecule has 2 aromatic carbocycles. The second-order valence-electron chi connectivity index (χ2n) is 10.5. The summed E-state index contributed by atoms with van der Waals surface area (Å²) in [6.45, 7) is 12.0. The third-order valence-electron chi connectivity index (χ3n) is 6.66. The van der Waals surface area contributed by atoms with E-state index in [-0.39, 0.29) is 5.91 Å². The minimum absolute atomic E-state index is 0.196. The Hall–Kier alpha value is -2.91. The molecule has 1 amide bonds. The number of aromatic nitrogens is 1. The zero-order chi connectivity index (χ0) is 26.2. The summed E-state index contributed by atoms with van der Waals surface area (Å²) in [7, 11) is 0. The van der Waals surface area contributed by atoms with Crippen LogP contribution in [-0.4, -0.2) is 66.5 Å². The Kier molecular flexibility index (Phi) is 7.27. The Balaban J connectivity index is 1.47. The van der Waals surface area contributed by atoms with Crippen molar-refractivity contribution in [2.45, 2.75) is 39.5 Å². The van der Waals surface area contributed by atoms with Gasteiger partial charge >= 0.3 is 6.09 Å². The van der Waals surface area contributed by atoms with Crippen molar-refractivity contribution in [1.29, 1.82) is 0 Å². The minimum Gasteiger partial charge on any atom is -0.443 e. The number of carbonyl (C=O) groups excluding carboxylic acids is 2. The van der Waals surface area contributed by atoms with Crippen LogP contribution in [0.3, 0.4) is 0 Å². The van der Waals surface area contributed by atoms with E-state index >= 15 is 0 Å². The predicted octanol–water partition coefficient (Wildman–Crippen LogP) is 4.41. The van der Waals surface area contributed by atoms with Crippen LogP contribution in [0.4, 0.5) is 4.79 Å². The normalized spacial score (nSPS) is 16.2. The first-order valence-electron chi connectivity index (χ1n) is 12.7. The number of rotatable bonds is 6. The third kappa shape index (κ3) is 5.52. The van der Waals surface area contributed by atoms with Crippen LogP contribution in [0.1, 0.15) is 42.3 Å². The summed E-state index contributed by atoms with van der Waals surface area (Å²) >= 11 is 6.39. The third-order valence-corrected chi connectivity index (χ3v) is 7.02. The molecule has 2 aliphatic rings. The van der Waals surface area contributed by atoms with Crippen molar-refractivity contribution in [3.8, 4) is 11.3 Å². The first-order chi connectivity index (χ1) is 17.7. The number of nitrogens with one attached hydrogen (secondary N) is 2. The summed E-state index contributed by atoms with van der Waals surface area (Å²) in [5, 5.41) is 7.80. The molecule has 1 saturated heterocycles. The lowest BCUT2D eigenvalue weighted by Crippen LogP contribution is -2.40. The standard InChI is InChI=1S/C28H33ClN4O4/c1-28(2,3)37-27(35)33-23-7-4-18(16-30-8-9-32-10-12-36-13-11-32)14-19(23)15-24(33)20-5-6-22(29)21-17-31-26(34)25(20)21/h4-7,14-15,30H,8-13,16-17H2,1-3H3,(H,31,34). The van der Waals surface area contributed by atoms with E-state index in [2.05, 4.69) is 21.6 Å². The molecule has 8 nitrogen and oxygen atoms in total. The molecule has 1 fully saturated rings. The largest absolute Gasteiger partial charge is 0.443 e. The number of nitrogens with zero attached hydrogens (tertiary/aromatic N) is 2. The molecule has 37 heavy (non-hydrogen) atoms. The molecule has 0 bridgehead atoms. The Morgan fingerprint density at radius 2 is 1.95 bits per heavy atom. The molecule has 0 unspecified atom stereocenters. The SMILES string of the molecule is CC(C)(C)OC(=O)n1c(-c2ccc(Cl)c3c2C(=O)NC3)cc2cc(CNCCN3CCOCC3)ccc21. The second kappa shape index (κ2) is 10.5. The van der Waals surface area contributed by atoms with Gasteiger partial charge in [0, 0.05) is 60.8 Å². The van der Waals surface area contributed by atoms with Gasteiger partial charge in [0.15, 0.2) is 0 Å². The fraction of sp³-hybridized carbons (Fsp3) is 0.429. The van der Waals surface area contributed by atoms with E-state index in [0.717, 1.165) is 61.4 Å². The average Bonchev–Trinajstić information content (AvgIpc) is 3.43. The lowest BCUT2D eigenvalue weighted by Gasteiger charge is -2.26. The number of fused-ring (bicyclic) bond motifs is 2. The van der Waals surface area contributed by atoms with E-state index in [1.165, 1.54) is 0 Å². The first kappa shape index (κ1) is 25.7. The molecule has 0 aliphatic carbocycles. The van der Waals surface area contributed by atoms with E-state index in [4.69, 9.17) is 21.1 Å². The van der Waals surface area contributed by atoms with E-state index < -0.39 is 11.7 Å². The van der Waals surface area contributed by atoms with Crippen molar-refractivity contribution in [3.63, 3.8) is 0 Å². The van der Waals surface area contributed by atoms with Crippen LogP contribution < -0.4 is 10.6 Å². The van der Waals surface area contributed by atoms with Gasteiger partial charge in [0.1, 0.15) is 5.60 Å². The molecule has 0 atom stereocenters. The van der Waals surface area contributed by atoms with Crippen molar-refractivity contribution in [2.24, 2.45) is 0 Å². The first-order valence-corrected chi connectivity index (χ1v) is 13.1. The molecule has 0 spiro atoms. The molecule has 1 aromatic heterocycles. The van der Waals surface area contributed by atoms with E-state index in [1.807, 2.05) is 39.0 Å². The molecule has 0 radical (unpaired) electrons. The van der Waals surface area contributed by atoms with Crippen LogP contribution in [0, 0.1) is 0 Å². The molecule has 5 rings (SSSR count). The summed E-state index contributed by atoms with van der Waals surface area (Å²) in [4.78, 5) is 28.5. The van der Waals surface area contributed by atoms with Gasteiger partial charge in [-0.25, -0.2) is 9.36 Å². The van der Waals surface area contributed by atoms with Gasteiger partial charge in [-0.2, -0.15) is 0 Å². The van der Waals surface area contributed by atoms with Crippen LogP contribution in [0.25, 0.3) is 22.2 Å². The van der Waals surface area contributed by atoms with Crippen LogP contribution in [0.15, 0.2) is 36.4 Å². The molecule has 2 N–H and O–H groups in total. The quantitative estimate of drug-likeness (QED) is 0.465. The van der Waals surface area contributed by atoms with Gasteiger partial charge in [0.25, 0.3) is 5.91 Å². The maximum Gasteiger partial charge on any atom is 0.419 e. The van der Waals surface area contributed by atoms with Crippen molar-refractivity contribution >= 4 is 34.5 Å². The van der Waals surface area contributed by atoms with Crippen LogP contribution >= 0.6 is 11.6 Å². The maximum atomic E-state index is 13.4. The van der Waals surface area contributed by atoms with E-state index in [1.54, 1.807) is 16.7 Å². The smallest absolute Gasteiger partial charge is 0.419 e. The number of morpholine rings is 1. The molecule has 196 valence electrons. The predicted molar refractivity (Wildman–Crippen MR) is 144 cm³/mol. The number of hydrogen-bond acceptors (Lipinski definition) is 6.